The molecular formula is C15H15N3O3S2. The Bertz CT molecular complexity index is 808. The smallest absolute Gasteiger partial charge is 0.373 e. The summed E-state index contributed by atoms with van der Waals surface area (Å²) in [4.78, 5) is 12.5. The third kappa shape index (κ3) is 3.18. The van der Waals surface area contributed by atoms with E-state index in [0.29, 0.717) is 5.76 Å². The van der Waals surface area contributed by atoms with Gasteiger partial charge in [-0.2, -0.15) is 0 Å². The predicted molar refractivity (Wildman–Crippen MR) is 88.6 cm³/mol. The molecule has 23 heavy (non-hydrogen) atoms. The van der Waals surface area contributed by atoms with E-state index >= 15 is 0 Å². The summed E-state index contributed by atoms with van der Waals surface area (Å²) in [6.07, 6.45) is 0. The van der Waals surface area contributed by atoms with Crippen LogP contribution in [0.15, 0.2) is 39.2 Å². The van der Waals surface area contributed by atoms with Crippen LogP contribution < -0.4 is 0 Å². The zero-order valence-corrected chi connectivity index (χ0v) is 14.5. The predicted octanol–water partition coefficient (Wildman–Crippen LogP) is 3.78. The van der Waals surface area contributed by atoms with E-state index in [4.69, 9.17) is 4.42 Å². The van der Waals surface area contributed by atoms with E-state index in [1.807, 2.05) is 36.1 Å². The minimum atomic E-state index is -0.480. The molecule has 6 nitrogen and oxygen atoms in total. The number of rotatable bonds is 5. The van der Waals surface area contributed by atoms with E-state index in [2.05, 4.69) is 14.9 Å². The number of aromatic nitrogens is 3. The second-order valence-corrected chi connectivity index (χ2v) is 7.05. The highest BCUT2D eigenvalue weighted by molar-refractivity contribution is 7.99. The number of furan rings is 1. The molecule has 0 bridgehead atoms. The van der Waals surface area contributed by atoms with Gasteiger partial charge in [0.2, 0.25) is 5.76 Å². The van der Waals surface area contributed by atoms with Gasteiger partial charge in [-0.1, -0.05) is 17.8 Å². The van der Waals surface area contributed by atoms with Crippen LogP contribution >= 0.6 is 23.1 Å². The second-order valence-electron chi connectivity index (χ2n) is 4.80. The Labute approximate surface area is 141 Å². The SMILES string of the molecule is COC(=O)c1ccc(C(C)Sc2nnc(-c3cccs3)n2C)o1. The quantitative estimate of drug-likeness (QED) is 0.516. The maximum Gasteiger partial charge on any atom is 0.373 e. The number of methoxy groups -OCH3 is 1. The van der Waals surface area contributed by atoms with Crippen molar-refractivity contribution in [2.75, 3.05) is 7.11 Å². The van der Waals surface area contributed by atoms with Gasteiger partial charge >= 0.3 is 5.97 Å². The molecule has 0 N–H and O–H groups in total. The molecule has 0 aliphatic carbocycles. The number of nitrogens with zero attached hydrogens (tertiary/aromatic N) is 3. The van der Waals surface area contributed by atoms with Crippen molar-refractivity contribution in [2.45, 2.75) is 17.3 Å². The Kier molecular flexibility index (Phi) is 4.53. The second kappa shape index (κ2) is 6.59. The molecule has 3 aromatic heterocycles. The molecule has 3 heterocycles. The van der Waals surface area contributed by atoms with E-state index in [1.165, 1.54) is 18.9 Å². The zero-order chi connectivity index (χ0) is 16.4. The molecule has 0 fully saturated rings. The number of carbonyl (C=O) groups excluding carboxylic acids is 1. The van der Waals surface area contributed by atoms with Gasteiger partial charge in [0.15, 0.2) is 11.0 Å². The van der Waals surface area contributed by atoms with Gasteiger partial charge in [-0.25, -0.2) is 4.79 Å². The van der Waals surface area contributed by atoms with Gasteiger partial charge < -0.3 is 13.7 Å². The van der Waals surface area contributed by atoms with Crippen LogP contribution in [0.1, 0.15) is 28.5 Å². The van der Waals surface area contributed by atoms with Crippen LogP contribution in [0.2, 0.25) is 0 Å². The fourth-order valence-electron chi connectivity index (χ4n) is 2.04. The molecule has 1 unspecified atom stereocenters. The third-order valence-electron chi connectivity index (χ3n) is 3.27. The molecule has 0 radical (unpaired) electrons. The fraction of sp³-hybridized carbons (Fsp3) is 0.267. The molecule has 0 aliphatic rings. The normalized spacial score (nSPS) is 12.3. The van der Waals surface area contributed by atoms with Gasteiger partial charge in [0.05, 0.1) is 17.2 Å². The molecule has 0 saturated heterocycles. The molecule has 0 aromatic carbocycles. The van der Waals surface area contributed by atoms with Crippen molar-refractivity contribution in [3.63, 3.8) is 0 Å². The molecular weight excluding hydrogens is 334 g/mol. The van der Waals surface area contributed by atoms with Crippen LogP contribution in [0.5, 0.6) is 0 Å². The average Bonchev–Trinajstić information content (AvgIpc) is 3.28. The lowest BCUT2D eigenvalue weighted by Crippen LogP contribution is -1.98. The summed E-state index contributed by atoms with van der Waals surface area (Å²) in [5, 5.41) is 11.3. The van der Waals surface area contributed by atoms with Gasteiger partial charge in [-0.05, 0) is 30.5 Å². The van der Waals surface area contributed by atoms with Crippen LogP contribution in [0.4, 0.5) is 0 Å². The molecule has 3 aromatic rings. The standard InChI is InChI=1S/C15H15N3O3S2/c1-9(10-6-7-11(21-10)14(19)20-3)23-15-17-16-13(18(15)2)12-5-4-8-22-12/h4-9H,1-3H3. The first-order valence-corrected chi connectivity index (χ1v) is 8.64. The molecule has 0 amide bonds. The maximum atomic E-state index is 11.4. The largest absolute Gasteiger partial charge is 0.463 e. The zero-order valence-electron chi connectivity index (χ0n) is 12.8. The molecule has 8 heteroatoms. The molecule has 0 saturated carbocycles. The van der Waals surface area contributed by atoms with Crippen molar-refractivity contribution in [2.24, 2.45) is 7.05 Å². The Morgan fingerprint density at radius 1 is 1.39 bits per heavy atom. The first-order chi connectivity index (χ1) is 11.1. The summed E-state index contributed by atoms with van der Waals surface area (Å²) in [6.45, 7) is 1.99. The summed E-state index contributed by atoms with van der Waals surface area (Å²) in [7, 11) is 3.26. The highest BCUT2D eigenvalue weighted by Gasteiger charge is 2.19. The molecule has 3 rings (SSSR count). The van der Waals surface area contributed by atoms with Crippen molar-refractivity contribution >= 4 is 29.1 Å². The maximum absolute atomic E-state index is 11.4. The number of esters is 1. The van der Waals surface area contributed by atoms with Gasteiger partial charge in [0.1, 0.15) is 5.76 Å². The van der Waals surface area contributed by atoms with Crippen molar-refractivity contribution < 1.29 is 13.9 Å². The van der Waals surface area contributed by atoms with Crippen molar-refractivity contribution in [1.82, 2.24) is 14.8 Å². The van der Waals surface area contributed by atoms with E-state index < -0.39 is 5.97 Å². The van der Waals surface area contributed by atoms with Crippen LogP contribution in [-0.2, 0) is 11.8 Å². The highest BCUT2D eigenvalue weighted by atomic mass is 32.2. The fourth-order valence-corrected chi connectivity index (χ4v) is 3.67. The summed E-state index contributed by atoms with van der Waals surface area (Å²) in [5.74, 6) is 1.25. The van der Waals surface area contributed by atoms with Crippen molar-refractivity contribution in [1.29, 1.82) is 0 Å². The van der Waals surface area contributed by atoms with Crippen molar-refractivity contribution in [3.8, 4) is 10.7 Å². The van der Waals surface area contributed by atoms with E-state index in [-0.39, 0.29) is 11.0 Å². The Morgan fingerprint density at radius 2 is 2.22 bits per heavy atom. The molecule has 0 spiro atoms. The van der Waals surface area contributed by atoms with Gasteiger partial charge in [-0.15, -0.1) is 21.5 Å². The third-order valence-corrected chi connectivity index (χ3v) is 5.29. The summed E-state index contributed by atoms with van der Waals surface area (Å²) in [6, 6.07) is 7.40. The summed E-state index contributed by atoms with van der Waals surface area (Å²) < 4.78 is 12.1. The van der Waals surface area contributed by atoms with E-state index in [0.717, 1.165) is 15.9 Å². The molecule has 120 valence electrons. The first-order valence-electron chi connectivity index (χ1n) is 6.88. The topological polar surface area (TPSA) is 70.2 Å². The lowest BCUT2D eigenvalue weighted by Gasteiger charge is -2.08. The summed E-state index contributed by atoms with van der Waals surface area (Å²) >= 11 is 3.15. The van der Waals surface area contributed by atoms with Crippen LogP contribution in [-0.4, -0.2) is 27.8 Å². The number of ether oxygens (including phenoxy) is 1. The number of thiophene rings is 1. The summed E-state index contributed by atoms with van der Waals surface area (Å²) in [5.41, 5.74) is 0. The molecule has 0 aliphatic heterocycles. The number of hydrogen-bond acceptors (Lipinski definition) is 7. The first kappa shape index (κ1) is 15.8. The van der Waals surface area contributed by atoms with E-state index in [9.17, 15) is 4.79 Å². The lowest BCUT2D eigenvalue weighted by molar-refractivity contribution is 0.0563. The monoisotopic (exact) mass is 349 g/mol. The van der Waals surface area contributed by atoms with E-state index in [1.54, 1.807) is 23.5 Å². The number of thioether (sulfide) groups is 1. The number of hydrogen-bond donors (Lipinski definition) is 0. The van der Waals surface area contributed by atoms with Gasteiger partial charge in [0, 0.05) is 7.05 Å². The number of carbonyl (C=O) groups is 1. The minimum absolute atomic E-state index is 0.00695. The molecule has 1 atom stereocenters. The van der Waals surface area contributed by atoms with Crippen LogP contribution in [0.3, 0.4) is 0 Å². The Hall–Kier alpha value is -2.06. The van der Waals surface area contributed by atoms with Crippen LogP contribution in [0, 0.1) is 0 Å². The van der Waals surface area contributed by atoms with Gasteiger partial charge in [0.25, 0.3) is 0 Å². The van der Waals surface area contributed by atoms with Crippen LogP contribution in [0.25, 0.3) is 10.7 Å². The Morgan fingerprint density at radius 3 is 2.91 bits per heavy atom. The Balaban J connectivity index is 1.77. The highest BCUT2D eigenvalue weighted by Crippen LogP contribution is 2.36. The minimum Gasteiger partial charge on any atom is -0.463 e. The van der Waals surface area contributed by atoms with Crippen molar-refractivity contribution in [3.05, 3.63) is 41.2 Å². The average molecular weight is 349 g/mol. The van der Waals surface area contributed by atoms with Gasteiger partial charge in [-0.3, -0.25) is 0 Å². The lowest BCUT2D eigenvalue weighted by atomic mass is 10.3.